The summed E-state index contributed by atoms with van der Waals surface area (Å²) in [7, 11) is 0. The number of likely N-dealkylation sites (tertiary alicyclic amines) is 1. The second kappa shape index (κ2) is 10.6. The van der Waals surface area contributed by atoms with E-state index >= 15 is 0 Å². The monoisotopic (exact) mass is 473 g/mol. The van der Waals surface area contributed by atoms with Crippen molar-refractivity contribution in [1.29, 1.82) is 0 Å². The molecule has 2 aromatic rings. The van der Waals surface area contributed by atoms with E-state index in [9.17, 15) is 14.0 Å². The van der Waals surface area contributed by atoms with E-state index < -0.39 is 11.9 Å². The first-order chi connectivity index (χ1) is 16.0. The van der Waals surface area contributed by atoms with Gasteiger partial charge in [-0.05, 0) is 43.4 Å². The summed E-state index contributed by atoms with van der Waals surface area (Å²) in [6, 6.07) is 5.93. The molecule has 1 saturated carbocycles. The average Bonchev–Trinajstić information content (AvgIpc) is 3.57. The summed E-state index contributed by atoms with van der Waals surface area (Å²) >= 11 is 4.73. The van der Waals surface area contributed by atoms with Crippen LogP contribution in [0.4, 0.5) is 4.39 Å². The van der Waals surface area contributed by atoms with Crippen LogP contribution >= 0.6 is 12.6 Å². The summed E-state index contributed by atoms with van der Waals surface area (Å²) in [5.74, 6) is -0.686. The Balaban J connectivity index is 1.50. The number of Topliss-reactive ketones (excluding diaryl/α,β-unsaturated/α-hetero) is 1. The van der Waals surface area contributed by atoms with Crippen LogP contribution in [0.15, 0.2) is 36.0 Å². The number of nitrogens with zero attached hydrogens (tertiary/aromatic N) is 4. The molecule has 1 saturated heterocycles. The number of halogens is 1. The Morgan fingerprint density at radius 2 is 2.09 bits per heavy atom. The molecule has 0 radical (unpaired) electrons. The summed E-state index contributed by atoms with van der Waals surface area (Å²) in [5.41, 5.74) is 3.70. The number of hydroxylamine groups is 1. The molecule has 2 atom stereocenters. The Morgan fingerprint density at radius 1 is 1.30 bits per heavy atom. The van der Waals surface area contributed by atoms with Crippen molar-refractivity contribution in [2.24, 2.45) is 5.92 Å². The number of carbonyl (C=O) groups is 2. The van der Waals surface area contributed by atoms with E-state index in [0.717, 1.165) is 24.8 Å². The van der Waals surface area contributed by atoms with E-state index in [1.54, 1.807) is 34.6 Å². The molecular formula is C23H28FN5O3S. The first-order valence-electron chi connectivity index (χ1n) is 11.2. The van der Waals surface area contributed by atoms with Crippen LogP contribution < -0.4 is 5.48 Å². The third-order valence-electron chi connectivity index (χ3n) is 6.12. The second-order valence-corrected chi connectivity index (χ2v) is 9.26. The molecule has 176 valence electrons. The summed E-state index contributed by atoms with van der Waals surface area (Å²) in [6.45, 7) is 1.64. The van der Waals surface area contributed by atoms with Gasteiger partial charge in [0.2, 0.25) is 5.91 Å². The molecule has 33 heavy (non-hydrogen) atoms. The molecule has 1 aromatic carbocycles. The van der Waals surface area contributed by atoms with E-state index in [2.05, 4.69) is 15.2 Å². The highest BCUT2D eigenvalue weighted by molar-refractivity contribution is 7.81. The molecule has 10 heteroatoms. The Labute approximate surface area is 197 Å². The molecule has 2 heterocycles. The van der Waals surface area contributed by atoms with Gasteiger partial charge in [0.05, 0.1) is 12.2 Å². The van der Waals surface area contributed by atoms with E-state index in [1.807, 2.05) is 6.08 Å². The highest BCUT2D eigenvalue weighted by atomic mass is 32.1. The number of amides is 1. The SMILES string of the molecule is O=C(CCCn1cc(/C=C2\CN(C(C(=O)C3CC3)c3ccccc3F)CCC2S)nn1)NO. The van der Waals surface area contributed by atoms with Crippen LogP contribution in [0.1, 0.15) is 49.4 Å². The van der Waals surface area contributed by atoms with E-state index in [1.165, 1.54) is 6.07 Å². The number of hydrogen-bond acceptors (Lipinski definition) is 7. The van der Waals surface area contributed by atoms with Crippen molar-refractivity contribution in [3.63, 3.8) is 0 Å². The van der Waals surface area contributed by atoms with Crippen molar-refractivity contribution >= 4 is 30.4 Å². The number of aryl methyl sites for hydroxylation is 1. The molecule has 0 bridgehead atoms. The number of benzene rings is 1. The lowest BCUT2D eigenvalue weighted by Gasteiger charge is -2.37. The number of ketones is 1. The summed E-state index contributed by atoms with van der Waals surface area (Å²) in [4.78, 5) is 26.3. The van der Waals surface area contributed by atoms with Gasteiger partial charge in [-0.25, -0.2) is 9.87 Å². The molecule has 2 aliphatic rings. The quantitative estimate of drug-likeness (QED) is 0.294. The molecule has 2 fully saturated rings. The number of hydrogen-bond donors (Lipinski definition) is 3. The van der Waals surface area contributed by atoms with Crippen LogP contribution in [0.5, 0.6) is 0 Å². The smallest absolute Gasteiger partial charge is 0.243 e. The lowest BCUT2D eigenvalue weighted by molar-refractivity contribution is -0.129. The van der Waals surface area contributed by atoms with Crippen LogP contribution in [0.2, 0.25) is 0 Å². The molecule has 1 aliphatic carbocycles. The van der Waals surface area contributed by atoms with Gasteiger partial charge in [0.1, 0.15) is 11.5 Å². The minimum Gasteiger partial charge on any atom is -0.297 e. The number of rotatable bonds is 9. The lowest BCUT2D eigenvalue weighted by atomic mass is 9.93. The van der Waals surface area contributed by atoms with E-state index in [4.69, 9.17) is 17.8 Å². The van der Waals surface area contributed by atoms with Crippen molar-refractivity contribution in [2.75, 3.05) is 13.1 Å². The lowest BCUT2D eigenvalue weighted by Crippen LogP contribution is -2.42. The molecule has 2 unspecified atom stereocenters. The molecule has 1 aromatic heterocycles. The first kappa shape index (κ1) is 23.6. The maximum atomic E-state index is 14.7. The van der Waals surface area contributed by atoms with Crippen LogP contribution in [-0.4, -0.2) is 55.1 Å². The maximum absolute atomic E-state index is 14.7. The number of aromatic nitrogens is 3. The zero-order valence-electron chi connectivity index (χ0n) is 18.2. The van der Waals surface area contributed by atoms with Crippen molar-refractivity contribution in [3.8, 4) is 0 Å². The zero-order chi connectivity index (χ0) is 23.4. The minimum atomic E-state index is -0.601. The van der Waals surface area contributed by atoms with Gasteiger partial charge in [0, 0.05) is 42.8 Å². The Bertz CT molecular complexity index is 1040. The molecule has 1 amide bonds. The number of piperidine rings is 1. The van der Waals surface area contributed by atoms with Crippen molar-refractivity contribution in [3.05, 3.63) is 53.1 Å². The van der Waals surface area contributed by atoms with Gasteiger partial charge >= 0.3 is 0 Å². The van der Waals surface area contributed by atoms with E-state index in [-0.39, 0.29) is 29.2 Å². The summed E-state index contributed by atoms with van der Waals surface area (Å²) in [5, 5.41) is 16.8. The van der Waals surface area contributed by atoms with Crippen LogP contribution in [-0.2, 0) is 16.1 Å². The molecule has 2 N–H and O–H groups in total. The van der Waals surface area contributed by atoms with Gasteiger partial charge < -0.3 is 0 Å². The molecule has 8 nitrogen and oxygen atoms in total. The van der Waals surface area contributed by atoms with E-state index in [0.29, 0.717) is 37.3 Å². The zero-order valence-corrected chi connectivity index (χ0v) is 19.1. The summed E-state index contributed by atoms with van der Waals surface area (Å²) in [6.07, 6.45) is 6.90. The molecule has 4 rings (SSSR count). The normalized spacial score (nSPS) is 21.2. The first-order valence-corrected chi connectivity index (χ1v) is 11.7. The topological polar surface area (TPSA) is 100 Å². The fourth-order valence-electron chi connectivity index (χ4n) is 4.21. The standard InChI is InChI=1S/C23H28FN5O3S/c24-19-5-2-1-4-18(19)22(23(31)15-7-8-15)28-11-9-20(33)16(13-28)12-17-14-29(27-25-17)10-3-6-21(30)26-32/h1-2,4-5,12,14-15,20,22,32-33H,3,6-11,13H2,(H,26,30)/b16-12+. The van der Waals surface area contributed by atoms with Crippen molar-refractivity contribution in [1.82, 2.24) is 25.4 Å². The Kier molecular flexibility index (Phi) is 7.56. The second-order valence-electron chi connectivity index (χ2n) is 8.64. The fourth-order valence-corrected chi connectivity index (χ4v) is 4.48. The van der Waals surface area contributed by atoms with Gasteiger partial charge in [-0.1, -0.05) is 23.4 Å². The van der Waals surface area contributed by atoms with Gasteiger partial charge in [-0.2, -0.15) is 12.6 Å². The highest BCUT2D eigenvalue weighted by Crippen LogP contribution is 2.39. The van der Waals surface area contributed by atoms with Gasteiger partial charge in [-0.15, -0.1) is 5.10 Å². The largest absolute Gasteiger partial charge is 0.297 e. The predicted molar refractivity (Wildman–Crippen MR) is 123 cm³/mol. The predicted octanol–water partition coefficient (Wildman–Crippen LogP) is 2.81. The van der Waals surface area contributed by atoms with Gasteiger partial charge in [0.15, 0.2) is 5.78 Å². The number of nitrogens with one attached hydrogen (secondary N) is 1. The fraction of sp³-hybridized carbons (Fsp3) is 0.478. The van der Waals surface area contributed by atoms with Crippen LogP contribution in [0.25, 0.3) is 6.08 Å². The highest BCUT2D eigenvalue weighted by Gasteiger charge is 2.40. The number of thiol groups is 1. The maximum Gasteiger partial charge on any atom is 0.243 e. The van der Waals surface area contributed by atoms with Crippen molar-refractivity contribution < 1.29 is 19.2 Å². The average molecular weight is 474 g/mol. The van der Waals surface area contributed by atoms with Crippen LogP contribution in [0.3, 0.4) is 0 Å². The van der Waals surface area contributed by atoms with Crippen LogP contribution in [0, 0.1) is 11.7 Å². The van der Waals surface area contributed by atoms with Gasteiger partial charge in [0.25, 0.3) is 0 Å². The molecule has 0 spiro atoms. The number of carbonyl (C=O) groups excluding carboxylic acids is 2. The third kappa shape index (κ3) is 5.87. The molecular weight excluding hydrogens is 445 g/mol. The Hall–Kier alpha value is -2.56. The third-order valence-corrected chi connectivity index (χ3v) is 6.71. The van der Waals surface area contributed by atoms with Gasteiger partial charge in [-0.3, -0.25) is 24.4 Å². The Morgan fingerprint density at radius 3 is 2.82 bits per heavy atom. The molecule has 1 aliphatic heterocycles. The summed E-state index contributed by atoms with van der Waals surface area (Å²) < 4.78 is 16.3. The van der Waals surface area contributed by atoms with Crippen molar-refractivity contribution in [2.45, 2.75) is 49.9 Å². The minimum absolute atomic E-state index is 0.0111.